The molecule has 72 valence electrons. The highest BCUT2D eigenvalue weighted by atomic mass is 16.3. The number of allylic oxidation sites excluding steroid dienone is 2. The quantitative estimate of drug-likeness (QED) is 0.628. The highest BCUT2D eigenvalue weighted by molar-refractivity contribution is 4.94. The lowest BCUT2D eigenvalue weighted by Crippen LogP contribution is -2.18. The summed E-state index contributed by atoms with van der Waals surface area (Å²) >= 11 is 0. The molecular formula is C11H22O. The van der Waals surface area contributed by atoms with Gasteiger partial charge in [-0.2, -0.15) is 0 Å². The van der Waals surface area contributed by atoms with Crippen molar-refractivity contribution in [2.24, 2.45) is 5.92 Å². The maximum absolute atomic E-state index is 9.60. The van der Waals surface area contributed by atoms with E-state index in [-0.39, 0.29) is 6.10 Å². The van der Waals surface area contributed by atoms with Gasteiger partial charge in [0.15, 0.2) is 0 Å². The molecule has 0 aliphatic rings. The van der Waals surface area contributed by atoms with Gasteiger partial charge in [0, 0.05) is 0 Å². The molecule has 1 N–H and O–H groups in total. The number of rotatable bonds is 5. The average Bonchev–Trinajstić information content (AvgIpc) is 2.04. The lowest BCUT2D eigenvalue weighted by atomic mass is 9.93. The van der Waals surface area contributed by atoms with Gasteiger partial charge in [0.25, 0.3) is 0 Å². The summed E-state index contributed by atoms with van der Waals surface area (Å²) in [7, 11) is 0. The van der Waals surface area contributed by atoms with Gasteiger partial charge in [-0.25, -0.2) is 0 Å². The number of aliphatic hydroxyl groups excluding tert-OH is 1. The predicted molar refractivity (Wildman–Crippen MR) is 54.1 cm³/mol. The zero-order chi connectivity index (χ0) is 9.56. The van der Waals surface area contributed by atoms with Crippen molar-refractivity contribution in [2.45, 2.75) is 53.1 Å². The molecule has 0 rings (SSSR count). The van der Waals surface area contributed by atoms with Crippen molar-refractivity contribution in [1.82, 2.24) is 0 Å². The van der Waals surface area contributed by atoms with Gasteiger partial charge in [-0.05, 0) is 32.6 Å². The van der Waals surface area contributed by atoms with Gasteiger partial charge in [-0.3, -0.25) is 0 Å². The molecule has 0 bridgehead atoms. The summed E-state index contributed by atoms with van der Waals surface area (Å²) in [5, 5.41) is 9.60. The molecule has 0 aromatic heterocycles. The van der Waals surface area contributed by atoms with Gasteiger partial charge in [0.05, 0.1) is 6.10 Å². The molecular weight excluding hydrogens is 148 g/mol. The van der Waals surface area contributed by atoms with Gasteiger partial charge in [-0.1, -0.05) is 31.9 Å². The van der Waals surface area contributed by atoms with E-state index in [4.69, 9.17) is 0 Å². The third-order valence-corrected chi connectivity index (χ3v) is 2.32. The Labute approximate surface area is 76.5 Å². The van der Waals surface area contributed by atoms with E-state index in [9.17, 15) is 5.11 Å². The fourth-order valence-corrected chi connectivity index (χ4v) is 1.32. The number of aliphatic hydroxyl groups is 1. The van der Waals surface area contributed by atoms with Gasteiger partial charge >= 0.3 is 0 Å². The van der Waals surface area contributed by atoms with Crippen molar-refractivity contribution >= 4 is 0 Å². The minimum absolute atomic E-state index is 0.120. The van der Waals surface area contributed by atoms with Crippen LogP contribution in [0.15, 0.2) is 11.6 Å². The first-order valence-electron chi connectivity index (χ1n) is 4.93. The highest BCUT2D eigenvalue weighted by Gasteiger charge is 2.13. The Balaban J connectivity index is 3.91. The monoisotopic (exact) mass is 170 g/mol. The van der Waals surface area contributed by atoms with Crippen LogP contribution >= 0.6 is 0 Å². The van der Waals surface area contributed by atoms with Gasteiger partial charge < -0.3 is 5.11 Å². The molecule has 0 aromatic carbocycles. The average molecular weight is 170 g/mol. The van der Waals surface area contributed by atoms with Crippen molar-refractivity contribution in [3.8, 4) is 0 Å². The van der Waals surface area contributed by atoms with Crippen LogP contribution < -0.4 is 0 Å². The van der Waals surface area contributed by atoms with Crippen LogP contribution in [0.25, 0.3) is 0 Å². The molecule has 0 radical (unpaired) electrons. The molecule has 0 aliphatic heterocycles. The molecule has 0 saturated heterocycles. The van der Waals surface area contributed by atoms with E-state index in [0.29, 0.717) is 5.92 Å². The van der Waals surface area contributed by atoms with Crippen LogP contribution in [-0.2, 0) is 0 Å². The van der Waals surface area contributed by atoms with Crippen LogP contribution in [0.4, 0.5) is 0 Å². The molecule has 2 atom stereocenters. The number of hydrogen-bond donors (Lipinski definition) is 1. The highest BCUT2D eigenvalue weighted by Crippen LogP contribution is 2.17. The maximum Gasteiger partial charge on any atom is 0.0568 e. The minimum atomic E-state index is -0.120. The third-order valence-electron chi connectivity index (χ3n) is 2.32. The van der Waals surface area contributed by atoms with Crippen LogP contribution in [0.2, 0.25) is 0 Å². The zero-order valence-corrected chi connectivity index (χ0v) is 8.80. The van der Waals surface area contributed by atoms with E-state index in [1.54, 1.807) is 0 Å². The van der Waals surface area contributed by atoms with E-state index in [1.165, 1.54) is 5.57 Å². The van der Waals surface area contributed by atoms with E-state index < -0.39 is 0 Å². The largest absolute Gasteiger partial charge is 0.393 e. The summed E-state index contributed by atoms with van der Waals surface area (Å²) in [6, 6.07) is 0. The Hall–Kier alpha value is -0.300. The summed E-state index contributed by atoms with van der Waals surface area (Å²) in [4.78, 5) is 0. The smallest absolute Gasteiger partial charge is 0.0568 e. The Bertz CT molecular complexity index is 134. The summed E-state index contributed by atoms with van der Waals surface area (Å²) < 4.78 is 0. The molecule has 0 heterocycles. The van der Waals surface area contributed by atoms with Crippen LogP contribution in [0.3, 0.4) is 0 Å². The second-order valence-corrected chi connectivity index (χ2v) is 3.66. The zero-order valence-electron chi connectivity index (χ0n) is 8.80. The molecule has 0 amide bonds. The normalized spacial score (nSPS) is 15.4. The molecule has 0 aromatic rings. The lowest BCUT2D eigenvalue weighted by Gasteiger charge is -2.18. The van der Waals surface area contributed by atoms with Gasteiger partial charge in [0.1, 0.15) is 0 Å². The second-order valence-electron chi connectivity index (χ2n) is 3.66. The van der Waals surface area contributed by atoms with E-state index in [1.807, 2.05) is 6.92 Å². The van der Waals surface area contributed by atoms with Crippen molar-refractivity contribution < 1.29 is 5.11 Å². The third kappa shape index (κ3) is 4.55. The predicted octanol–water partition coefficient (Wildman–Crippen LogP) is 3.14. The van der Waals surface area contributed by atoms with Crippen LogP contribution in [0.1, 0.15) is 47.0 Å². The van der Waals surface area contributed by atoms with E-state index in [2.05, 4.69) is 26.8 Å². The molecule has 1 nitrogen and oxygen atoms in total. The standard InChI is InChI=1S/C11H22O/c1-5-10(11(12)6-2)8-7-9(3)4/h7,10-12H,5-6,8H2,1-4H3. The summed E-state index contributed by atoms with van der Waals surface area (Å²) in [5.74, 6) is 0.449. The lowest BCUT2D eigenvalue weighted by molar-refractivity contribution is 0.102. The maximum atomic E-state index is 9.60. The van der Waals surface area contributed by atoms with E-state index >= 15 is 0 Å². The second kappa shape index (κ2) is 6.24. The minimum Gasteiger partial charge on any atom is -0.393 e. The first-order valence-corrected chi connectivity index (χ1v) is 4.93. The topological polar surface area (TPSA) is 20.2 Å². The SMILES string of the molecule is CCC(O)C(CC)CC=C(C)C. The van der Waals surface area contributed by atoms with Crippen molar-refractivity contribution in [3.05, 3.63) is 11.6 Å². The molecule has 0 fully saturated rings. The molecule has 0 aliphatic carbocycles. The van der Waals surface area contributed by atoms with Gasteiger partial charge in [0.2, 0.25) is 0 Å². The molecule has 0 spiro atoms. The first kappa shape index (κ1) is 11.7. The van der Waals surface area contributed by atoms with E-state index in [0.717, 1.165) is 19.3 Å². The molecule has 0 saturated carbocycles. The summed E-state index contributed by atoms with van der Waals surface area (Å²) in [5.41, 5.74) is 1.34. The van der Waals surface area contributed by atoms with Crippen molar-refractivity contribution in [2.75, 3.05) is 0 Å². The Morgan fingerprint density at radius 2 is 1.83 bits per heavy atom. The number of hydrogen-bond acceptors (Lipinski definition) is 1. The Morgan fingerprint density at radius 1 is 1.25 bits per heavy atom. The summed E-state index contributed by atoms with van der Waals surface area (Å²) in [6.07, 6.45) is 5.06. The van der Waals surface area contributed by atoms with Gasteiger partial charge in [-0.15, -0.1) is 0 Å². The molecule has 2 unspecified atom stereocenters. The first-order chi connectivity index (χ1) is 5.61. The van der Waals surface area contributed by atoms with Crippen LogP contribution in [0, 0.1) is 5.92 Å². The Morgan fingerprint density at radius 3 is 2.17 bits per heavy atom. The molecule has 12 heavy (non-hydrogen) atoms. The van der Waals surface area contributed by atoms with Crippen molar-refractivity contribution in [3.63, 3.8) is 0 Å². The fourth-order valence-electron chi connectivity index (χ4n) is 1.32. The Kier molecular flexibility index (Phi) is 6.09. The van der Waals surface area contributed by atoms with Crippen LogP contribution in [0.5, 0.6) is 0 Å². The molecule has 1 heteroatoms. The summed E-state index contributed by atoms with van der Waals surface area (Å²) in [6.45, 7) is 8.38. The van der Waals surface area contributed by atoms with Crippen LogP contribution in [-0.4, -0.2) is 11.2 Å². The van der Waals surface area contributed by atoms with Crippen molar-refractivity contribution in [1.29, 1.82) is 0 Å². The fraction of sp³-hybridized carbons (Fsp3) is 0.818.